The van der Waals surface area contributed by atoms with Gasteiger partial charge < -0.3 is 9.84 Å². The van der Waals surface area contributed by atoms with Gasteiger partial charge in [-0.25, -0.2) is 0 Å². The first-order valence-corrected chi connectivity index (χ1v) is 7.92. The van der Waals surface area contributed by atoms with E-state index in [0.29, 0.717) is 6.54 Å². The Bertz CT molecular complexity index is 401. The van der Waals surface area contributed by atoms with Gasteiger partial charge in [0, 0.05) is 45.9 Å². The Morgan fingerprint density at radius 1 is 1.10 bits per heavy atom. The monoisotopic (exact) mass is 292 g/mol. The number of β-amino-alcohol motifs (C(OH)–C–C–N with tert-alkyl or cyclic N) is 1. The molecule has 1 heterocycles. The van der Waals surface area contributed by atoms with Crippen molar-refractivity contribution >= 4 is 0 Å². The van der Waals surface area contributed by atoms with Crippen molar-refractivity contribution in [3.05, 3.63) is 35.9 Å². The Morgan fingerprint density at radius 2 is 1.71 bits per heavy atom. The summed E-state index contributed by atoms with van der Waals surface area (Å²) in [6.45, 7) is 11.4. The first-order chi connectivity index (χ1) is 10.1. The van der Waals surface area contributed by atoms with Gasteiger partial charge >= 0.3 is 0 Å². The van der Waals surface area contributed by atoms with E-state index >= 15 is 0 Å². The maximum atomic E-state index is 10.7. The van der Waals surface area contributed by atoms with Gasteiger partial charge in [0.2, 0.25) is 0 Å². The molecular weight excluding hydrogens is 264 g/mol. The van der Waals surface area contributed by atoms with Crippen LogP contribution in [-0.4, -0.2) is 67.4 Å². The van der Waals surface area contributed by atoms with Gasteiger partial charge in [0.1, 0.15) is 0 Å². The average Bonchev–Trinajstić information content (AvgIpc) is 2.50. The molecule has 0 saturated carbocycles. The molecule has 1 saturated heterocycles. The molecule has 4 heteroatoms. The predicted molar refractivity (Wildman–Crippen MR) is 85.4 cm³/mol. The van der Waals surface area contributed by atoms with E-state index in [1.54, 1.807) is 0 Å². The molecule has 1 aliphatic rings. The minimum atomic E-state index is -0.783. The highest BCUT2D eigenvalue weighted by Crippen LogP contribution is 2.22. The second-order valence-electron chi connectivity index (χ2n) is 5.95. The second-order valence-corrected chi connectivity index (χ2v) is 5.95. The van der Waals surface area contributed by atoms with Crippen molar-refractivity contribution in [1.29, 1.82) is 0 Å². The van der Waals surface area contributed by atoms with Crippen LogP contribution in [0.5, 0.6) is 0 Å². The Kier molecular flexibility index (Phi) is 6.18. The van der Waals surface area contributed by atoms with E-state index < -0.39 is 5.60 Å². The molecule has 21 heavy (non-hydrogen) atoms. The molecule has 0 aliphatic carbocycles. The van der Waals surface area contributed by atoms with Crippen molar-refractivity contribution in [3.63, 3.8) is 0 Å². The highest BCUT2D eigenvalue weighted by atomic mass is 16.5. The van der Waals surface area contributed by atoms with Crippen molar-refractivity contribution in [3.8, 4) is 0 Å². The van der Waals surface area contributed by atoms with Gasteiger partial charge in [-0.3, -0.25) is 9.80 Å². The lowest BCUT2D eigenvalue weighted by Gasteiger charge is -2.38. The third-order valence-electron chi connectivity index (χ3n) is 4.15. The lowest BCUT2D eigenvalue weighted by atomic mass is 9.95. The lowest BCUT2D eigenvalue weighted by Crippen LogP contribution is -2.50. The zero-order chi connectivity index (χ0) is 15.1. The molecule has 0 amide bonds. The molecule has 1 fully saturated rings. The molecule has 0 spiro atoms. The zero-order valence-corrected chi connectivity index (χ0v) is 13.3. The van der Waals surface area contributed by atoms with Crippen LogP contribution in [0, 0.1) is 0 Å². The Labute approximate surface area is 128 Å². The summed E-state index contributed by atoms with van der Waals surface area (Å²) in [6, 6.07) is 9.94. The fraction of sp³-hybridized carbons (Fsp3) is 0.647. The molecular formula is C17H28N2O2. The standard InChI is InChI=1S/C17H28N2O2/c1-3-21-14-13-18-9-11-19(12-10-18)15-17(2,20)16-7-5-4-6-8-16/h4-8,20H,3,9-15H2,1-2H3. The van der Waals surface area contributed by atoms with Crippen LogP contribution >= 0.6 is 0 Å². The van der Waals surface area contributed by atoms with E-state index in [9.17, 15) is 5.11 Å². The van der Waals surface area contributed by atoms with Crippen LogP contribution in [0.3, 0.4) is 0 Å². The van der Waals surface area contributed by atoms with Gasteiger partial charge in [-0.2, -0.15) is 0 Å². The molecule has 1 unspecified atom stereocenters. The quantitative estimate of drug-likeness (QED) is 0.774. The highest BCUT2D eigenvalue weighted by Gasteiger charge is 2.27. The summed E-state index contributed by atoms with van der Waals surface area (Å²) in [6.07, 6.45) is 0. The van der Waals surface area contributed by atoms with Crippen LogP contribution in [0.2, 0.25) is 0 Å². The maximum Gasteiger partial charge on any atom is 0.0994 e. The van der Waals surface area contributed by atoms with E-state index in [2.05, 4.69) is 9.80 Å². The number of hydrogen-bond donors (Lipinski definition) is 1. The number of piperazine rings is 1. The molecule has 0 radical (unpaired) electrons. The summed E-state index contributed by atoms with van der Waals surface area (Å²) in [5, 5.41) is 10.7. The molecule has 118 valence electrons. The van der Waals surface area contributed by atoms with Crippen molar-refractivity contribution in [2.24, 2.45) is 0 Å². The number of rotatable bonds is 7. The number of ether oxygens (including phenoxy) is 1. The Balaban J connectivity index is 1.78. The van der Waals surface area contributed by atoms with E-state index in [1.807, 2.05) is 44.2 Å². The van der Waals surface area contributed by atoms with E-state index in [1.165, 1.54) is 0 Å². The smallest absolute Gasteiger partial charge is 0.0994 e. The van der Waals surface area contributed by atoms with Gasteiger partial charge in [0.05, 0.1) is 12.2 Å². The summed E-state index contributed by atoms with van der Waals surface area (Å²) in [5.74, 6) is 0. The van der Waals surface area contributed by atoms with Crippen molar-refractivity contribution in [2.75, 3.05) is 52.5 Å². The predicted octanol–water partition coefficient (Wildman–Crippen LogP) is 1.55. The first kappa shape index (κ1) is 16.4. The summed E-state index contributed by atoms with van der Waals surface area (Å²) in [4.78, 5) is 4.79. The fourth-order valence-electron chi connectivity index (χ4n) is 2.83. The van der Waals surface area contributed by atoms with Gasteiger partial charge in [0.15, 0.2) is 0 Å². The lowest BCUT2D eigenvalue weighted by molar-refractivity contribution is -0.00270. The van der Waals surface area contributed by atoms with Crippen LogP contribution in [0.4, 0.5) is 0 Å². The normalized spacial score (nSPS) is 20.3. The van der Waals surface area contributed by atoms with Gasteiger partial charge in [-0.15, -0.1) is 0 Å². The van der Waals surface area contributed by atoms with E-state index in [0.717, 1.165) is 51.5 Å². The SMILES string of the molecule is CCOCCN1CCN(CC(C)(O)c2ccccc2)CC1. The average molecular weight is 292 g/mol. The summed E-state index contributed by atoms with van der Waals surface area (Å²) in [7, 11) is 0. The molecule has 1 N–H and O–H groups in total. The molecule has 4 nitrogen and oxygen atoms in total. The van der Waals surface area contributed by atoms with Gasteiger partial charge in [-0.1, -0.05) is 30.3 Å². The molecule has 1 atom stereocenters. The molecule has 2 rings (SSSR count). The third kappa shape index (κ3) is 5.08. The number of aliphatic hydroxyl groups is 1. The topological polar surface area (TPSA) is 35.9 Å². The summed E-state index contributed by atoms with van der Waals surface area (Å²) < 4.78 is 5.41. The van der Waals surface area contributed by atoms with Gasteiger partial charge in [-0.05, 0) is 19.4 Å². The largest absolute Gasteiger partial charge is 0.384 e. The number of hydrogen-bond acceptors (Lipinski definition) is 4. The van der Waals surface area contributed by atoms with Crippen LogP contribution in [-0.2, 0) is 10.3 Å². The Hall–Kier alpha value is -0.940. The van der Waals surface area contributed by atoms with Crippen molar-refractivity contribution in [1.82, 2.24) is 9.80 Å². The minimum Gasteiger partial charge on any atom is -0.384 e. The number of benzene rings is 1. The van der Waals surface area contributed by atoms with Crippen LogP contribution in [0.1, 0.15) is 19.4 Å². The fourth-order valence-corrected chi connectivity index (χ4v) is 2.83. The van der Waals surface area contributed by atoms with Crippen molar-refractivity contribution in [2.45, 2.75) is 19.4 Å². The molecule has 1 aromatic rings. The Morgan fingerprint density at radius 3 is 2.33 bits per heavy atom. The third-order valence-corrected chi connectivity index (χ3v) is 4.15. The van der Waals surface area contributed by atoms with Crippen LogP contribution < -0.4 is 0 Å². The molecule has 0 bridgehead atoms. The second kappa shape index (κ2) is 7.90. The molecule has 1 aliphatic heterocycles. The molecule has 1 aromatic carbocycles. The summed E-state index contributed by atoms with van der Waals surface area (Å²) in [5.41, 5.74) is 0.207. The first-order valence-electron chi connectivity index (χ1n) is 7.92. The number of nitrogens with zero attached hydrogens (tertiary/aromatic N) is 2. The maximum absolute atomic E-state index is 10.7. The van der Waals surface area contributed by atoms with Crippen LogP contribution in [0.15, 0.2) is 30.3 Å². The van der Waals surface area contributed by atoms with Gasteiger partial charge in [0.25, 0.3) is 0 Å². The van der Waals surface area contributed by atoms with E-state index in [4.69, 9.17) is 4.74 Å². The van der Waals surface area contributed by atoms with Crippen LogP contribution in [0.25, 0.3) is 0 Å². The summed E-state index contributed by atoms with van der Waals surface area (Å²) >= 11 is 0. The molecule has 0 aromatic heterocycles. The minimum absolute atomic E-state index is 0.691. The zero-order valence-electron chi connectivity index (χ0n) is 13.3. The highest BCUT2D eigenvalue weighted by molar-refractivity contribution is 5.21. The van der Waals surface area contributed by atoms with Crippen molar-refractivity contribution < 1.29 is 9.84 Å². The van der Waals surface area contributed by atoms with E-state index in [-0.39, 0.29) is 0 Å².